The minimum absolute atomic E-state index is 0.0843. The molecule has 3 nitrogen and oxygen atoms in total. The van der Waals surface area contributed by atoms with Gasteiger partial charge in [0.2, 0.25) is 5.91 Å². The second kappa shape index (κ2) is 8.12. The predicted octanol–water partition coefficient (Wildman–Crippen LogP) is 3.24. The first-order valence-electron chi connectivity index (χ1n) is 6.56. The zero-order valence-corrected chi connectivity index (χ0v) is 13.7. The molecule has 0 aliphatic heterocycles. The average Bonchev–Trinajstić information content (AvgIpc) is 2.91. The fourth-order valence-corrected chi connectivity index (χ4v) is 3.21. The predicted molar refractivity (Wildman–Crippen MR) is 90.2 cm³/mol. The number of hydrogen-bond acceptors (Lipinski definition) is 3. The Labute approximate surface area is 136 Å². The summed E-state index contributed by atoms with van der Waals surface area (Å²) in [6.45, 7) is -0.0843. The summed E-state index contributed by atoms with van der Waals surface area (Å²) in [6.07, 6.45) is 3.87. The maximum atomic E-state index is 11.9. The van der Waals surface area contributed by atoms with Crippen LogP contribution in [-0.2, 0) is 11.2 Å². The highest BCUT2D eigenvalue weighted by Crippen LogP contribution is 2.22. The normalized spacial score (nSPS) is 12.5. The Morgan fingerprint density at radius 1 is 1.29 bits per heavy atom. The summed E-state index contributed by atoms with van der Waals surface area (Å²) in [7, 11) is 0. The average molecular weight is 366 g/mol. The number of aliphatic hydroxyl groups is 1. The van der Waals surface area contributed by atoms with E-state index in [0.717, 1.165) is 14.2 Å². The van der Waals surface area contributed by atoms with Gasteiger partial charge in [-0.3, -0.25) is 4.79 Å². The van der Waals surface area contributed by atoms with Crippen LogP contribution in [0.5, 0.6) is 0 Å². The lowest BCUT2D eigenvalue weighted by Gasteiger charge is -2.15. The lowest BCUT2D eigenvalue weighted by molar-refractivity contribution is -0.117. The molecule has 1 aromatic heterocycles. The molecule has 0 spiro atoms. The zero-order valence-electron chi connectivity index (χ0n) is 11.3. The summed E-state index contributed by atoms with van der Waals surface area (Å²) in [5, 5.41) is 12.2. The molecule has 2 N–H and O–H groups in total. The van der Waals surface area contributed by atoms with Gasteiger partial charge in [-0.2, -0.15) is 0 Å². The monoisotopic (exact) mass is 365 g/mol. The quantitative estimate of drug-likeness (QED) is 0.772. The van der Waals surface area contributed by atoms with E-state index in [1.807, 2.05) is 42.5 Å². The van der Waals surface area contributed by atoms with E-state index >= 15 is 0 Å². The fraction of sp³-hybridized carbons (Fsp3) is 0.188. The van der Waals surface area contributed by atoms with Crippen molar-refractivity contribution in [3.8, 4) is 0 Å². The number of amides is 1. The fourth-order valence-electron chi connectivity index (χ4n) is 1.88. The molecule has 1 aromatic carbocycles. The minimum Gasteiger partial charge on any atom is -0.394 e. The SMILES string of the molecule is O=C(/C=C/c1ccc(Br)s1)N[C@H](CO)Cc1ccccc1. The minimum atomic E-state index is -0.278. The van der Waals surface area contributed by atoms with Crippen molar-refractivity contribution in [3.05, 3.63) is 62.8 Å². The van der Waals surface area contributed by atoms with Crippen LogP contribution in [0.15, 0.2) is 52.3 Å². The highest BCUT2D eigenvalue weighted by atomic mass is 79.9. The van der Waals surface area contributed by atoms with Gasteiger partial charge in [0.05, 0.1) is 16.4 Å². The molecule has 0 bridgehead atoms. The molecule has 1 amide bonds. The molecule has 0 saturated heterocycles. The first-order chi connectivity index (χ1) is 10.2. The largest absolute Gasteiger partial charge is 0.394 e. The molecule has 0 saturated carbocycles. The van der Waals surface area contributed by atoms with Crippen LogP contribution in [0.25, 0.3) is 6.08 Å². The van der Waals surface area contributed by atoms with Crippen LogP contribution in [0.4, 0.5) is 0 Å². The third kappa shape index (κ3) is 5.46. The summed E-state index contributed by atoms with van der Waals surface area (Å²) in [6, 6.07) is 13.4. The Bertz CT molecular complexity index is 610. The van der Waals surface area contributed by atoms with Crippen molar-refractivity contribution in [1.82, 2.24) is 5.32 Å². The van der Waals surface area contributed by atoms with Crippen LogP contribution >= 0.6 is 27.3 Å². The molecule has 0 aliphatic rings. The van der Waals surface area contributed by atoms with Crippen molar-refractivity contribution in [2.75, 3.05) is 6.61 Å². The maximum absolute atomic E-state index is 11.9. The summed E-state index contributed by atoms with van der Waals surface area (Å²) in [5.74, 6) is -0.200. The number of thiophene rings is 1. The Hall–Kier alpha value is -1.43. The number of hydrogen-bond donors (Lipinski definition) is 2. The Morgan fingerprint density at radius 3 is 2.67 bits per heavy atom. The zero-order chi connectivity index (χ0) is 15.1. The van der Waals surface area contributed by atoms with Gasteiger partial charge < -0.3 is 10.4 Å². The van der Waals surface area contributed by atoms with Crippen molar-refractivity contribution in [2.45, 2.75) is 12.5 Å². The molecule has 0 unspecified atom stereocenters. The molecule has 2 aromatic rings. The lowest BCUT2D eigenvalue weighted by atomic mass is 10.1. The van der Waals surface area contributed by atoms with E-state index in [1.165, 1.54) is 6.08 Å². The van der Waals surface area contributed by atoms with Gasteiger partial charge in [-0.1, -0.05) is 30.3 Å². The molecule has 5 heteroatoms. The van der Waals surface area contributed by atoms with Gasteiger partial charge in [0.1, 0.15) is 0 Å². The molecule has 0 radical (unpaired) electrons. The van der Waals surface area contributed by atoms with Crippen LogP contribution in [0.1, 0.15) is 10.4 Å². The smallest absolute Gasteiger partial charge is 0.244 e. The molecule has 2 rings (SSSR count). The third-order valence-electron chi connectivity index (χ3n) is 2.88. The van der Waals surface area contributed by atoms with E-state index in [1.54, 1.807) is 17.4 Å². The molecule has 110 valence electrons. The summed E-state index contributed by atoms with van der Waals surface area (Å²) < 4.78 is 1.03. The Balaban J connectivity index is 1.89. The van der Waals surface area contributed by atoms with Crippen LogP contribution in [0.2, 0.25) is 0 Å². The number of carbonyl (C=O) groups is 1. The van der Waals surface area contributed by atoms with Crippen molar-refractivity contribution < 1.29 is 9.90 Å². The van der Waals surface area contributed by atoms with E-state index in [-0.39, 0.29) is 18.6 Å². The highest BCUT2D eigenvalue weighted by molar-refractivity contribution is 9.11. The van der Waals surface area contributed by atoms with Crippen LogP contribution in [-0.4, -0.2) is 23.7 Å². The van der Waals surface area contributed by atoms with Crippen LogP contribution in [0.3, 0.4) is 0 Å². The van der Waals surface area contributed by atoms with Gasteiger partial charge in [-0.05, 0) is 46.1 Å². The summed E-state index contributed by atoms with van der Waals surface area (Å²) >= 11 is 4.94. The summed E-state index contributed by atoms with van der Waals surface area (Å²) in [4.78, 5) is 12.9. The van der Waals surface area contributed by atoms with Gasteiger partial charge in [0.25, 0.3) is 0 Å². The van der Waals surface area contributed by atoms with E-state index in [0.29, 0.717) is 6.42 Å². The van der Waals surface area contributed by atoms with Gasteiger partial charge in [0, 0.05) is 11.0 Å². The second-order valence-corrected chi connectivity index (χ2v) is 7.05. The van der Waals surface area contributed by atoms with Gasteiger partial charge >= 0.3 is 0 Å². The molecular formula is C16H16BrNO2S. The van der Waals surface area contributed by atoms with Gasteiger partial charge in [0.15, 0.2) is 0 Å². The first-order valence-corrected chi connectivity index (χ1v) is 8.17. The molecule has 0 fully saturated rings. The maximum Gasteiger partial charge on any atom is 0.244 e. The first kappa shape index (κ1) is 15.9. The Morgan fingerprint density at radius 2 is 2.05 bits per heavy atom. The third-order valence-corrected chi connectivity index (χ3v) is 4.47. The highest BCUT2D eigenvalue weighted by Gasteiger charge is 2.10. The number of nitrogens with one attached hydrogen (secondary N) is 1. The molecule has 1 heterocycles. The van der Waals surface area contributed by atoms with Crippen molar-refractivity contribution in [3.63, 3.8) is 0 Å². The Kier molecular flexibility index (Phi) is 6.17. The number of carbonyl (C=O) groups excluding carboxylic acids is 1. The van der Waals surface area contributed by atoms with Gasteiger partial charge in [-0.15, -0.1) is 11.3 Å². The standard InChI is InChI=1S/C16H16BrNO2S/c17-15-8-6-14(21-15)7-9-16(20)18-13(11-19)10-12-4-2-1-3-5-12/h1-9,13,19H,10-11H2,(H,18,20)/b9-7+/t13-/m0/s1. The lowest BCUT2D eigenvalue weighted by Crippen LogP contribution is -2.38. The van der Waals surface area contributed by atoms with Gasteiger partial charge in [-0.25, -0.2) is 0 Å². The van der Waals surface area contributed by atoms with E-state index in [2.05, 4.69) is 21.2 Å². The van der Waals surface area contributed by atoms with Crippen LogP contribution < -0.4 is 5.32 Å². The second-order valence-electron chi connectivity index (χ2n) is 4.55. The molecule has 0 aliphatic carbocycles. The molecular weight excluding hydrogens is 350 g/mol. The topological polar surface area (TPSA) is 49.3 Å². The van der Waals surface area contributed by atoms with Crippen molar-refractivity contribution in [1.29, 1.82) is 0 Å². The van der Waals surface area contributed by atoms with E-state index in [4.69, 9.17) is 0 Å². The van der Waals surface area contributed by atoms with Crippen LogP contribution in [0, 0.1) is 0 Å². The number of benzene rings is 1. The number of rotatable bonds is 6. The van der Waals surface area contributed by atoms with E-state index < -0.39 is 0 Å². The van der Waals surface area contributed by atoms with Crippen molar-refractivity contribution >= 4 is 39.2 Å². The van der Waals surface area contributed by atoms with E-state index in [9.17, 15) is 9.90 Å². The number of halogens is 1. The summed E-state index contributed by atoms with van der Waals surface area (Å²) in [5.41, 5.74) is 1.09. The molecule has 1 atom stereocenters. The molecule has 21 heavy (non-hydrogen) atoms. The number of aliphatic hydroxyl groups excluding tert-OH is 1. The van der Waals surface area contributed by atoms with Crippen molar-refractivity contribution in [2.24, 2.45) is 0 Å².